The van der Waals surface area contributed by atoms with E-state index in [1.54, 1.807) is 26.8 Å². The van der Waals surface area contributed by atoms with Crippen molar-refractivity contribution in [3.8, 4) is 11.5 Å². The van der Waals surface area contributed by atoms with Gasteiger partial charge in [0.05, 0.1) is 11.5 Å². The maximum Gasteiger partial charge on any atom is 0.241 e. The lowest BCUT2D eigenvalue weighted by atomic mass is 10.0. The molecule has 0 saturated carbocycles. The predicted molar refractivity (Wildman–Crippen MR) is 95.9 cm³/mol. The second-order valence-corrected chi connectivity index (χ2v) is 8.23. The lowest BCUT2D eigenvalue weighted by molar-refractivity contribution is -0.124. The summed E-state index contributed by atoms with van der Waals surface area (Å²) in [5, 5.41) is 2.75. The quantitative estimate of drug-likeness (QED) is 0.688. The molecule has 1 aromatic carbocycles. The van der Waals surface area contributed by atoms with Crippen LogP contribution in [0.2, 0.25) is 0 Å². The molecule has 8 nitrogen and oxygen atoms in total. The largest absolute Gasteiger partial charge is 0.486 e. The Morgan fingerprint density at radius 1 is 1.19 bits per heavy atom. The van der Waals surface area contributed by atoms with Crippen LogP contribution in [0.1, 0.15) is 20.8 Å². The smallest absolute Gasteiger partial charge is 0.241 e. The van der Waals surface area contributed by atoms with E-state index in [4.69, 9.17) is 14.2 Å². The van der Waals surface area contributed by atoms with Crippen molar-refractivity contribution in [2.24, 2.45) is 5.92 Å². The van der Waals surface area contributed by atoms with Crippen LogP contribution in [0.5, 0.6) is 11.5 Å². The fourth-order valence-electron chi connectivity index (χ4n) is 2.54. The Bertz CT molecular complexity index is 735. The van der Waals surface area contributed by atoms with Crippen molar-refractivity contribution in [3.63, 3.8) is 0 Å². The number of rotatable bonds is 8. The van der Waals surface area contributed by atoms with Crippen LogP contribution in [0.4, 0.5) is 0 Å². The van der Waals surface area contributed by atoms with E-state index in [1.807, 2.05) is 0 Å². The first kappa shape index (κ1) is 20.5. The Labute approximate surface area is 154 Å². The molecule has 26 heavy (non-hydrogen) atoms. The van der Waals surface area contributed by atoms with Gasteiger partial charge < -0.3 is 19.5 Å². The van der Waals surface area contributed by atoms with Crippen LogP contribution in [-0.4, -0.2) is 53.3 Å². The third-order valence-electron chi connectivity index (χ3n) is 3.86. The first-order valence-corrected chi connectivity index (χ1v) is 9.94. The summed E-state index contributed by atoms with van der Waals surface area (Å²) in [6, 6.07) is 3.24. The van der Waals surface area contributed by atoms with Gasteiger partial charge in [-0.2, -0.15) is 4.72 Å². The summed E-state index contributed by atoms with van der Waals surface area (Å²) in [4.78, 5) is 12.5. The van der Waals surface area contributed by atoms with Crippen molar-refractivity contribution in [1.82, 2.24) is 10.0 Å². The Balaban J connectivity index is 2.17. The summed E-state index contributed by atoms with van der Waals surface area (Å²) in [7, 11) is -2.37. The molecule has 0 spiro atoms. The molecule has 1 amide bonds. The number of carbonyl (C=O) groups is 1. The number of fused-ring (bicyclic) bond motifs is 1. The van der Waals surface area contributed by atoms with Gasteiger partial charge in [-0.1, -0.05) is 13.8 Å². The molecule has 0 unspecified atom stereocenters. The van der Waals surface area contributed by atoms with Crippen molar-refractivity contribution in [3.05, 3.63) is 18.2 Å². The molecule has 2 N–H and O–H groups in total. The van der Waals surface area contributed by atoms with Gasteiger partial charge in [-0.25, -0.2) is 8.42 Å². The number of nitrogens with one attached hydrogen (secondary N) is 2. The zero-order chi connectivity index (χ0) is 19.3. The van der Waals surface area contributed by atoms with Crippen LogP contribution >= 0.6 is 0 Å². The number of carbonyl (C=O) groups excluding carboxylic acids is 1. The summed E-state index contributed by atoms with van der Waals surface area (Å²) in [5.41, 5.74) is 0. The highest BCUT2D eigenvalue weighted by molar-refractivity contribution is 7.89. The zero-order valence-electron chi connectivity index (χ0n) is 15.4. The average molecular weight is 386 g/mol. The summed E-state index contributed by atoms with van der Waals surface area (Å²) in [5.74, 6) is 0.238. The van der Waals surface area contributed by atoms with Gasteiger partial charge in [-0.3, -0.25) is 4.79 Å². The molecule has 0 aromatic heterocycles. The number of sulfonamides is 1. The highest BCUT2D eigenvalue weighted by Crippen LogP contribution is 2.32. The molecule has 1 aliphatic rings. The lowest BCUT2D eigenvalue weighted by Crippen LogP contribution is -2.52. The van der Waals surface area contributed by atoms with Gasteiger partial charge in [-0.15, -0.1) is 0 Å². The third kappa shape index (κ3) is 5.09. The number of benzene rings is 1. The average Bonchev–Trinajstić information content (AvgIpc) is 2.59. The van der Waals surface area contributed by atoms with E-state index in [-0.39, 0.29) is 16.9 Å². The van der Waals surface area contributed by atoms with Gasteiger partial charge in [0.1, 0.15) is 19.3 Å². The maximum absolute atomic E-state index is 12.7. The number of amides is 1. The van der Waals surface area contributed by atoms with Crippen molar-refractivity contribution in [2.75, 3.05) is 26.9 Å². The van der Waals surface area contributed by atoms with Crippen LogP contribution < -0.4 is 19.5 Å². The first-order chi connectivity index (χ1) is 12.2. The molecule has 2 atom stereocenters. The molecule has 1 heterocycles. The maximum atomic E-state index is 12.7. The van der Waals surface area contributed by atoms with E-state index < -0.39 is 22.0 Å². The van der Waals surface area contributed by atoms with Crippen LogP contribution in [0.25, 0.3) is 0 Å². The van der Waals surface area contributed by atoms with Gasteiger partial charge >= 0.3 is 0 Å². The highest BCUT2D eigenvalue weighted by atomic mass is 32.2. The molecule has 9 heteroatoms. The molecule has 1 aromatic rings. The molecular formula is C17H26N2O6S. The fourth-order valence-corrected chi connectivity index (χ4v) is 3.90. The minimum absolute atomic E-state index is 0.0186. The molecule has 0 radical (unpaired) electrons. The van der Waals surface area contributed by atoms with E-state index in [0.29, 0.717) is 31.3 Å². The van der Waals surface area contributed by atoms with Gasteiger partial charge in [0.2, 0.25) is 15.9 Å². The second-order valence-electron chi connectivity index (χ2n) is 6.51. The lowest BCUT2D eigenvalue weighted by Gasteiger charge is -2.24. The Morgan fingerprint density at radius 3 is 2.46 bits per heavy atom. The first-order valence-electron chi connectivity index (χ1n) is 8.46. The predicted octanol–water partition coefficient (Wildman–Crippen LogP) is 0.912. The van der Waals surface area contributed by atoms with Gasteiger partial charge in [0, 0.05) is 19.2 Å². The number of methoxy groups -OCH3 is 1. The Morgan fingerprint density at radius 2 is 1.85 bits per heavy atom. The van der Waals surface area contributed by atoms with Gasteiger partial charge in [-0.05, 0) is 25.0 Å². The summed E-state index contributed by atoms with van der Waals surface area (Å²) in [6.45, 7) is 6.46. The van der Waals surface area contributed by atoms with Gasteiger partial charge in [0.15, 0.2) is 11.5 Å². The second kappa shape index (κ2) is 8.70. The minimum Gasteiger partial charge on any atom is -0.486 e. The number of ether oxygens (including phenoxy) is 3. The van der Waals surface area contributed by atoms with Crippen LogP contribution in [0.15, 0.2) is 23.1 Å². The molecule has 2 rings (SSSR count). The van der Waals surface area contributed by atoms with Crippen LogP contribution in [0, 0.1) is 5.92 Å². The third-order valence-corrected chi connectivity index (χ3v) is 5.30. The van der Waals surface area contributed by atoms with E-state index >= 15 is 0 Å². The molecule has 146 valence electrons. The van der Waals surface area contributed by atoms with Crippen molar-refractivity contribution in [2.45, 2.75) is 37.8 Å². The van der Waals surface area contributed by atoms with Crippen molar-refractivity contribution in [1.29, 1.82) is 0 Å². The van der Waals surface area contributed by atoms with E-state index in [0.717, 1.165) is 0 Å². The normalized spacial score (nSPS) is 16.2. The van der Waals surface area contributed by atoms with Crippen molar-refractivity contribution < 1.29 is 27.4 Å². The molecular weight excluding hydrogens is 360 g/mol. The molecule has 0 bridgehead atoms. The van der Waals surface area contributed by atoms with Crippen LogP contribution in [0.3, 0.4) is 0 Å². The van der Waals surface area contributed by atoms with E-state index in [9.17, 15) is 13.2 Å². The SMILES string of the molecule is COC[C@H](C)NC(=O)[C@@H](NS(=O)(=O)c1ccc2c(c1)OCCO2)C(C)C. The van der Waals surface area contributed by atoms with E-state index in [1.165, 1.54) is 19.2 Å². The fraction of sp³-hybridized carbons (Fsp3) is 0.588. The summed E-state index contributed by atoms with van der Waals surface area (Å²) in [6.07, 6.45) is 0. The van der Waals surface area contributed by atoms with Crippen molar-refractivity contribution >= 4 is 15.9 Å². The topological polar surface area (TPSA) is 103 Å². The Hall–Kier alpha value is -1.84. The van der Waals surface area contributed by atoms with Gasteiger partial charge in [0.25, 0.3) is 0 Å². The van der Waals surface area contributed by atoms with E-state index in [2.05, 4.69) is 10.0 Å². The summed E-state index contributed by atoms with van der Waals surface area (Å²) < 4.78 is 43.8. The molecule has 1 aliphatic heterocycles. The molecule has 0 saturated heterocycles. The number of hydrogen-bond acceptors (Lipinski definition) is 6. The molecule has 0 fully saturated rings. The minimum atomic E-state index is -3.91. The Kier molecular flexibility index (Phi) is 6.85. The molecule has 0 aliphatic carbocycles. The number of hydrogen-bond donors (Lipinski definition) is 2. The summed E-state index contributed by atoms with van der Waals surface area (Å²) >= 11 is 0. The zero-order valence-corrected chi connectivity index (χ0v) is 16.3. The monoisotopic (exact) mass is 386 g/mol. The standard InChI is InChI=1S/C17H26N2O6S/c1-11(2)16(17(20)18-12(3)10-23-4)19-26(21,22)13-5-6-14-15(9-13)25-8-7-24-14/h5-6,9,11-12,16,19H,7-8,10H2,1-4H3,(H,18,20)/t12-,16-/m0/s1. The highest BCUT2D eigenvalue weighted by Gasteiger charge is 2.30. The van der Waals surface area contributed by atoms with Crippen LogP contribution in [-0.2, 0) is 19.6 Å².